The number of hydrogen-bond donors (Lipinski definition) is 8. The van der Waals surface area contributed by atoms with Gasteiger partial charge in [-0.3, -0.25) is 9.59 Å². The molecule has 1 saturated heterocycles. The number of methoxy groups -OCH3 is 2. The first kappa shape index (κ1) is 57.9. The minimum absolute atomic E-state index is 0.212. The summed E-state index contributed by atoms with van der Waals surface area (Å²) in [6, 6.07) is 0. The van der Waals surface area contributed by atoms with Gasteiger partial charge in [-0.25, -0.2) is 0 Å². The second kappa shape index (κ2) is 36.2. The molecule has 1 aliphatic rings. The van der Waals surface area contributed by atoms with Crippen molar-refractivity contribution in [1.82, 2.24) is 0 Å². The molecule has 16 nitrogen and oxygen atoms in total. The number of ether oxygens (including phenoxy) is 6. The van der Waals surface area contributed by atoms with Crippen LogP contribution in [0.5, 0.6) is 0 Å². The molecule has 0 bridgehead atoms. The Bertz CT molecular complexity index is 1360. The van der Waals surface area contributed by atoms with Gasteiger partial charge in [-0.05, 0) is 70.6 Å². The summed E-state index contributed by atoms with van der Waals surface area (Å²) in [5.74, 6) is -0.642. The zero-order valence-corrected chi connectivity index (χ0v) is 37.7. The summed E-state index contributed by atoms with van der Waals surface area (Å²) in [6.07, 6.45) is 14.4. The lowest BCUT2D eigenvalue weighted by Gasteiger charge is -2.40. The summed E-state index contributed by atoms with van der Waals surface area (Å²) in [7, 11) is 2.65. The third-order valence-corrected chi connectivity index (χ3v) is 10.0. The molecule has 0 amide bonds. The zero-order valence-electron chi connectivity index (χ0n) is 37.7. The Hall–Kier alpha value is -3.10. The normalized spacial score (nSPS) is 23.3. The second-order valence-corrected chi connectivity index (χ2v) is 15.4. The fourth-order valence-corrected chi connectivity index (χ4v) is 6.17. The van der Waals surface area contributed by atoms with Gasteiger partial charge in [0, 0.05) is 12.8 Å². The number of aliphatic hydroxyl groups is 8. The molecule has 0 radical (unpaired) electrons. The summed E-state index contributed by atoms with van der Waals surface area (Å²) < 4.78 is 33.2. The average Bonchev–Trinajstić information content (AvgIpc) is 3.28. The van der Waals surface area contributed by atoms with Crippen molar-refractivity contribution >= 4 is 11.9 Å². The van der Waals surface area contributed by atoms with Crippen molar-refractivity contribution < 1.29 is 78.9 Å². The number of unbranched alkanes of at least 4 members (excludes halogenated alkanes) is 3. The number of rotatable bonds is 35. The van der Waals surface area contributed by atoms with Crippen LogP contribution >= 0.6 is 0 Å². The minimum Gasteiger partial charge on any atom is -0.469 e. The van der Waals surface area contributed by atoms with E-state index in [0.717, 1.165) is 19.3 Å². The number of hydrogen-bond acceptors (Lipinski definition) is 16. The highest BCUT2D eigenvalue weighted by Gasteiger charge is 2.44. The van der Waals surface area contributed by atoms with Crippen LogP contribution in [0.4, 0.5) is 0 Å². The molecule has 16 heteroatoms. The molecule has 0 spiro atoms. The van der Waals surface area contributed by atoms with Gasteiger partial charge < -0.3 is 69.3 Å². The lowest BCUT2D eigenvalue weighted by molar-refractivity contribution is -0.307. The molecule has 12 atom stereocenters. The van der Waals surface area contributed by atoms with Crippen molar-refractivity contribution in [3.8, 4) is 0 Å². The Morgan fingerprint density at radius 3 is 2.06 bits per heavy atom. The van der Waals surface area contributed by atoms with Crippen molar-refractivity contribution in [3.05, 3.63) is 72.9 Å². The fourth-order valence-electron chi connectivity index (χ4n) is 6.17. The van der Waals surface area contributed by atoms with E-state index in [4.69, 9.17) is 28.8 Å². The van der Waals surface area contributed by atoms with Crippen molar-refractivity contribution in [3.63, 3.8) is 0 Å². The highest BCUT2D eigenvalue weighted by atomic mass is 16.7. The fraction of sp³-hybridized carbons (Fsp3) is 0.702. The van der Waals surface area contributed by atoms with Gasteiger partial charge in [-0.1, -0.05) is 93.2 Å². The van der Waals surface area contributed by atoms with Crippen LogP contribution < -0.4 is 0 Å². The number of carbonyl (C=O) groups excluding carboxylic acids is 2. The van der Waals surface area contributed by atoms with E-state index in [0.29, 0.717) is 38.5 Å². The van der Waals surface area contributed by atoms with Crippen LogP contribution in [0.15, 0.2) is 72.9 Å². The van der Waals surface area contributed by atoms with Crippen molar-refractivity contribution in [1.29, 1.82) is 0 Å². The molecule has 63 heavy (non-hydrogen) atoms. The number of allylic oxidation sites excluding steroid dienone is 5. The van der Waals surface area contributed by atoms with E-state index < -0.39 is 86.6 Å². The van der Waals surface area contributed by atoms with E-state index in [9.17, 15) is 45.3 Å². The predicted octanol–water partition coefficient (Wildman–Crippen LogP) is 3.57. The van der Waals surface area contributed by atoms with E-state index in [1.54, 1.807) is 12.2 Å². The Labute approximate surface area is 374 Å². The number of esters is 2. The van der Waals surface area contributed by atoms with Gasteiger partial charge >= 0.3 is 11.9 Å². The van der Waals surface area contributed by atoms with Crippen LogP contribution in [0, 0.1) is 0 Å². The highest BCUT2D eigenvalue weighted by molar-refractivity contribution is 5.69. The average molecular weight is 899 g/mol. The van der Waals surface area contributed by atoms with E-state index >= 15 is 0 Å². The molecule has 0 saturated carbocycles. The summed E-state index contributed by atoms with van der Waals surface area (Å²) in [6.45, 7) is 2.78. The van der Waals surface area contributed by atoms with Crippen LogP contribution in [0.2, 0.25) is 0 Å². The summed E-state index contributed by atoms with van der Waals surface area (Å²) >= 11 is 0. The summed E-state index contributed by atoms with van der Waals surface area (Å²) in [5, 5.41) is 84.4. The topological polar surface area (TPSA) is 251 Å². The largest absolute Gasteiger partial charge is 0.469 e. The van der Waals surface area contributed by atoms with Gasteiger partial charge in [-0.2, -0.15) is 0 Å². The predicted molar refractivity (Wildman–Crippen MR) is 237 cm³/mol. The van der Waals surface area contributed by atoms with Crippen molar-refractivity contribution in [2.75, 3.05) is 34.0 Å². The molecule has 1 heterocycles. The van der Waals surface area contributed by atoms with Crippen LogP contribution in [0.25, 0.3) is 0 Å². The SMILES string of the molecule is CCC=CCC=CCC(O)C(C=CC(CC=CCCCC(=O)OC)OCC1OC(OCC(O)CO)C(O)C(O)C1O)OC(CC=CCCC)C(O)C=CC(O)CCCCC(=O)OC. The molecular formula is C47H78O16. The molecule has 0 aromatic carbocycles. The molecule has 8 N–H and O–H groups in total. The zero-order chi connectivity index (χ0) is 46.8. The molecule has 0 aromatic heterocycles. The van der Waals surface area contributed by atoms with E-state index in [-0.39, 0.29) is 50.6 Å². The van der Waals surface area contributed by atoms with Crippen LogP contribution in [0.1, 0.15) is 104 Å². The lowest BCUT2D eigenvalue weighted by Crippen LogP contribution is -2.59. The Morgan fingerprint density at radius 1 is 0.714 bits per heavy atom. The maximum Gasteiger partial charge on any atom is 0.305 e. The van der Waals surface area contributed by atoms with Gasteiger partial charge in [0.2, 0.25) is 0 Å². The van der Waals surface area contributed by atoms with Crippen molar-refractivity contribution in [2.45, 2.75) is 177 Å². The molecule has 1 rings (SSSR count). The van der Waals surface area contributed by atoms with Gasteiger partial charge in [0.25, 0.3) is 0 Å². The van der Waals surface area contributed by atoms with Crippen LogP contribution in [-0.4, -0.2) is 160 Å². The Morgan fingerprint density at radius 2 is 1.38 bits per heavy atom. The van der Waals surface area contributed by atoms with Gasteiger partial charge in [0.1, 0.15) is 36.6 Å². The second-order valence-electron chi connectivity index (χ2n) is 15.4. The lowest BCUT2D eigenvalue weighted by atomic mass is 9.99. The van der Waals surface area contributed by atoms with Gasteiger partial charge in [0.05, 0.1) is 64.6 Å². The first-order chi connectivity index (χ1) is 30.3. The molecule has 12 unspecified atom stereocenters. The Balaban J connectivity index is 3.45. The van der Waals surface area contributed by atoms with Gasteiger partial charge in [-0.15, -0.1) is 0 Å². The standard InChI is InChI=1S/C47H78O16/c1-5-7-9-11-12-16-23-37(51)40(62-39(24-17-10-8-6-2)38(52)29-27-34(49)21-19-20-26-43(54)59-4)30-28-36(22-15-13-14-18-25-42(53)58-3)60-33-41-44(55)45(56)46(57)47(63-41)61-32-35(50)31-48/h7,9-10,12-13,15-17,27-30,34-41,44-52,55-57H,5-6,8,11,14,18-26,31-33H2,1-4H3. The summed E-state index contributed by atoms with van der Waals surface area (Å²) in [4.78, 5) is 23.0. The maximum atomic E-state index is 11.6. The minimum atomic E-state index is -1.68. The quantitative estimate of drug-likeness (QED) is 0.0257. The highest BCUT2D eigenvalue weighted by Crippen LogP contribution is 2.24. The monoisotopic (exact) mass is 899 g/mol. The first-order valence-corrected chi connectivity index (χ1v) is 22.3. The maximum absolute atomic E-state index is 11.6. The number of carbonyl (C=O) groups is 2. The first-order valence-electron chi connectivity index (χ1n) is 22.3. The molecule has 1 fully saturated rings. The Kier molecular flexibility index (Phi) is 33.2. The smallest absolute Gasteiger partial charge is 0.305 e. The number of aliphatic hydroxyl groups excluding tert-OH is 8. The van der Waals surface area contributed by atoms with Gasteiger partial charge in [0.15, 0.2) is 6.29 Å². The third-order valence-electron chi connectivity index (χ3n) is 10.0. The third kappa shape index (κ3) is 26.5. The van der Waals surface area contributed by atoms with Crippen LogP contribution in [-0.2, 0) is 38.0 Å². The van der Waals surface area contributed by atoms with E-state index in [1.165, 1.54) is 26.4 Å². The molecule has 0 aromatic rings. The molecule has 362 valence electrons. The van der Waals surface area contributed by atoms with Crippen molar-refractivity contribution in [2.24, 2.45) is 0 Å². The van der Waals surface area contributed by atoms with Crippen LogP contribution in [0.3, 0.4) is 0 Å². The van der Waals surface area contributed by atoms with E-state index in [2.05, 4.69) is 4.74 Å². The molecule has 0 aliphatic carbocycles. The molecule has 1 aliphatic heterocycles. The molecular weight excluding hydrogens is 821 g/mol. The van der Waals surface area contributed by atoms with E-state index in [1.807, 2.05) is 62.5 Å². The summed E-state index contributed by atoms with van der Waals surface area (Å²) in [5.41, 5.74) is 0.